The molecule has 2 N–H and O–H groups in total. The minimum atomic E-state index is 0.350. The van der Waals surface area contributed by atoms with Gasteiger partial charge in [-0.2, -0.15) is 0 Å². The lowest BCUT2D eigenvalue weighted by atomic mass is 10.0. The van der Waals surface area contributed by atoms with Gasteiger partial charge in [0.25, 0.3) is 0 Å². The number of thiophene rings is 1. The first-order valence-corrected chi connectivity index (χ1v) is 13.6. The van der Waals surface area contributed by atoms with Crippen LogP contribution >= 0.6 is 11.3 Å². The molecule has 5 nitrogen and oxygen atoms in total. The van der Waals surface area contributed by atoms with Crippen molar-refractivity contribution >= 4 is 54.1 Å². The summed E-state index contributed by atoms with van der Waals surface area (Å²) in [7, 11) is 0. The molecule has 3 aromatic carbocycles. The van der Waals surface area contributed by atoms with Crippen LogP contribution in [0, 0.1) is 0 Å². The maximum absolute atomic E-state index is 5.04. The Bertz CT molecular complexity index is 1950. The number of hydrogen-bond acceptors (Lipinski definition) is 4. The Kier molecular flexibility index (Phi) is 4.95. The van der Waals surface area contributed by atoms with Crippen LogP contribution in [-0.4, -0.2) is 24.9 Å². The van der Waals surface area contributed by atoms with Gasteiger partial charge in [-0.15, -0.1) is 11.3 Å². The highest BCUT2D eigenvalue weighted by Crippen LogP contribution is 2.39. The van der Waals surface area contributed by atoms with E-state index in [9.17, 15) is 0 Å². The monoisotopic (exact) mass is 501 g/mol. The van der Waals surface area contributed by atoms with Crippen molar-refractivity contribution in [3.05, 3.63) is 77.8 Å². The zero-order valence-corrected chi connectivity index (χ0v) is 22.1. The highest BCUT2D eigenvalue weighted by molar-refractivity contribution is 7.18. The second-order valence-corrected chi connectivity index (χ2v) is 11.3. The van der Waals surface area contributed by atoms with E-state index in [4.69, 9.17) is 9.97 Å². The molecular weight excluding hydrogens is 474 g/mol. The number of fused-ring (bicyclic) bond motifs is 7. The van der Waals surface area contributed by atoms with Crippen molar-refractivity contribution in [1.82, 2.24) is 24.9 Å². The second kappa shape index (κ2) is 8.25. The Labute approximate surface area is 218 Å². The molecule has 0 aliphatic heterocycles. The molecule has 0 saturated heterocycles. The molecule has 0 bridgehead atoms. The quantitative estimate of drug-likeness (QED) is 0.253. The molecule has 0 unspecified atom stereocenters. The van der Waals surface area contributed by atoms with Crippen LogP contribution in [0.4, 0.5) is 0 Å². The minimum Gasteiger partial charge on any atom is -0.342 e. The zero-order chi connectivity index (χ0) is 25.3. The fourth-order valence-electron chi connectivity index (χ4n) is 5.10. The summed E-state index contributed by atoms with van der Waals surface area (Å²) in [6, 6.07) is 19.6. The molecule has 6 heteroatoms. The van der Waals surface area contributed by atoms with Gasteiger partial charge >= 0.3 is 0 Å². The van der Waals surface area contributed by atoms with Crippen LogP contribution in [0.5, 0.6) is 0 Å². The average Bonchev–Trinajstić information content (AvgIpc) is 3.67. The number of benzene rings is 3. The number of nitrogens with one attached hydrogen (secondary N) is 2. The van der Waals surface area contributed by atoms with Crippen molar-refractivity contribution in [3.8, 4) is 22.5 Å². The summed E-state index contributed by atoms with van der Waals surface area (Å²) < 4.78 is 1.27. The van der Waals surface area contributed by atoms with Crippen LogP contribution in [0.2, 0.25) is 0 Å². The molecule has 7 aromatic rings. The van der Waals surface area contributed by atoms with Crippen LogP contribution in [0.25, 0.3) is 65.3 Å². The third kappa shape index (κ3) is 3.55. The number of aromatic amines is 2. The van der Waals surface area contributed by atoms with Crippen molar-refractivity contribution < 1.29 is 0 Å². The normalized spacial score (nSPS) is 12.3. The van der Waals surface area contributed by atoms with E-state index in [-0.39, 0.29) is 0 Å². The molecule has 0 spiro atoms. The van der Waals surface area contributed by atoms with Gasteiger partial charge < -0.3 is 9.97 Å². The Hall–Kier alpha value is -4.03. The van der Waals surface area contributed by atoms with E-state index >= 15 is 0 Å². The lowest BCUT2D eigenvalue weighted by molar-refractivity contribution is 0.795. The maximum atomic E-state index is 5.04. The maximum Gasteiger partial charge on any atom is 0.109 e. The van der Waals surface area contributed by atoms with Crippen LogP contribution in [0.3, 0.4) is 0 Å². The van der Waals surface area contributed by atoms with E-state index in [1.165, 1.54) is 20.9 Å². The molecule has 37 heavy (non-hydrogen) atoms. The van der Waals surface area contributed by atoms with Crippen molar-refractivity contribution in [1.29, 1.82) is 0 Å². The topological polar surface area (TPSA) is 70.2 Å². The van der Waals surface area contributed by atoms with E-state index in [0.29, 0.717) is 11.8 Å². The molecule has 0 aliphatic rings. The average molecular weight is 502 g/mol. The molecule has 7 rings (SSSR count). The summed E-state index contributed by atoms with van der Waals surface area (Å²) in [5, 5.41) is 6.94. The van der Waals surface area contributed by atoms with Crippen molar-refractivity contribution in [3.63, 3.8) is 0 Å². The van der Waals surface area contributed by atoms with Gasteiger partial charge in [0.15, 0.2) is 0 Å². The number of aromatic nitrogens is 5. The highest BCUT2D eigenvalue weighted by Gasteiger charge is 2.16. The third-order valence-electron chi connectivity index (χ3n) is 7.16. The summed E-state index contributed by atoms with van der Waals surface area (Å²) >= 11 is 1.78. The predicted molar refractivity (Wildman–Crippen MR) is 155 cm³/mol. The Morgan fingerprint density at radius 2 is 1.57 bits per heavy atom. The summed E-state index contributed by atoms with van der Waals surface area (Å²) in [5.41, 5.74) is 7.42. The first-order chi connectivity index (χ1) is 18.0. The van der Waals surface area contributed by atoms with E-state index in [1.54, 1.807) is 11.3 Å². The largest absolute Gasteiger partial charge is 0.342 e. The summed E-state index contributed by atoms with van der Waals surface area (Å²) in [5.74, 6) is 2.76. The molecule has 0 aliphatic carbocycles. The van der Waals surface area contributed by atoms with Gasteiger partial charge in [0.2, 0.25) is 0 Å². The van der Waals surface area contributed by atoms with Gasteiger partial charge in [0.05, 0.1) is 34.1 Å². The van der Waals surface area contributed by atoms with Crippen molar-refractivity contribution in [2.45, 2.75) is 39.5 Å². The summed E-state index contributed by atoms with van der Waals surface area (Å²) in [6.07, 6.45) is 1.92. The van der Waals surface area contributed by atoms with Gasteiger partial charge in [-0.3, -0.25) is 0 Å². The molecule has 0 radical (unpaired) electrons. The van der Waals surface area contributed by atoms with E-state index in [0.717, 1.165) is 56.1 Å². The van der Waals surface area contributed by atoms with Gasteiger partial charge in [-0.05, 0) is 35.7 Å². The van der Waals surface area contributed by atoms with Gasteiger partial charge in [-0.25, -0.2) is 15.0 Å². The van der Waals surface area contributed by atoms with Crippen LogP contribution in [-0.2, 0) is 0 Å². The first kappa shape index (κ1) is 22.2. The summed E-state index contributed by atoms with van der Waals surface area (Å²) in [4.78, 5) is 21.5. The first-order valence-electron chi connectivity index (χ1n) is 12.8. The number of rotatable bonds is 4. The fraction of sp³-hybridized carbons (Fsp3) is 0.194. The van der Waals surface area contributed by atoms with E-state index in [2.05, 4.69) is 103 Å². The van der Waals surface area contributed by atoms with Crippen LogP contribution in [0.15, 0.2) is 66.2 Å². The molecule has 0 atom stereocenters. The van der Waals surface area contributed by atoms with Crippen LogP contribution in [0.1, 0.15) is 51.2 Å². The van der Waals surface area contributed by atoms with Crippen molar-refractivity contribution in [2.75, 3.05) is 0 Å². The Balaban J connectivity index is 1.33. The number of pyridine rings is 1. The van der Waals surface area contributed by atoms with Crippen molar-refractivity contribution in [2.24, 2.45) is 0 Å². The number of imidazole rings is 2. The Morgan fingerprint density at radius 3 is 2.38 bits per heavy atom. The third-order valence-corrected chi connectivity index (χ3v) is 8.11. The molecule has 0 amide bonds. The van der Waals surface area contributed by atoms with Gasteiger partial charge in [0, 0.05) is 49.2 Å². The lowest BCUT2D eigenvalue weighted by Gasteiger charge is -2.08. The van der Waals surface area contributed by atoms with Gasteiger partial charge in [-0.1, -0.05) is 52.0 Å². The fourth-order valence-corrected chi connectivity index (χ4v) is 6.03. The molecule has 4 heterocycles. The number of nitrogens with zero attached hydrogens (tertiary/aromatic N) is 3. The summed E-state index contributed by atoms with van der Waals surface area (Å²) in [6.45, 7) is 8.64. The molecule has 0 fully saturated rings. The lowest BCUT2D eigenvalue weighted by Crippen LogP contribution is -1.90. The predicted octanol–water partition coefficient (Wildman–Crippen LogP) is 8.78. The smallest absolute Gasteiger partial charge is 0.109 e. The zero-order valence-electron chi connectivity index (χ0n) is 21.3. The second-order valence-electron chi connectivity index (χ2n) is 10.4. The van der Waals surface area contributed by atoms with Crippen LogP contribution < -0.4 is 0 Å². The molecular formula is C31H27N5S. The Morgan fingerprint density at radius 1 is 0.730 bits per heavy atom. The SMILES string of the molecule is CC(C)c1ncc(-c2ccc3nc(-c4ccc5c(c4)c4sccc4c4nc(C(C)C)[nH]c54)ccc3c2)[nH]1. The number of H-pyrrole nitrogens is 2. The standard InChI is InChI=1S/C31H27N5S/c1-16(2)30-32-15-26(34-30)19-7-10-24-18(13-19)6-9-25(33-24)20-5-8-21-23(14-20)29-22(11-12-37-29)28-27(21)35-31(36-28)17(3)4/h5-17H,1-4H3,(H,32,34)(H,35,36). The minimum absolute atomic E-state index is 0.350. The molecule has 182 valence electrons. The molecule has 0 saturated carbocycles. The van der Waals surface area contributed by atoms with Gasteiger partial charge in [0.1, 0.15) is 11.6 Å². The van der Waals surface area contributed by atoms with E-state index < -0.39 is 0 Å². The number of hydrogen-bond donors (Lipinski definition) is 2. The molecule has 4 aromatic heterocycles. The highest BCUT2D eigenvalue weighted by atomic mass is 32.1. The van der Waals surface area contributed by atoms with E-state index in [1.807, 2.05) is 6.20 Å².